The number of carboxylic acids is 1. The largest absolute Gasteiger partial charge is 0.478 e. The Morgan fingerprint density at radius 3 is 3.00 bits per heavy atom. The molecule has 72 valence electrons. The van der Waals surface area contributed by atoms with Gasteiger partial charge in [0.1, 0.15) is 5.56 Å². The van der Waals surface area contributed by atoms with E-state index in [9.17, 15) is 4.79 Å². The molecule has 0 aliphatic heterocycles. The molecule has 0 fully saturated rings. The summed E-state index contributed by atoms with van der Waals surface area (Å²) in [6.45, 7) is 2.04. The summed E-state index contributed by atoms with van der Waals surface area (Å²) in [4.78, 5) is 10.8. The van der Waals surface area contributed by atoms with E-state index in [0.717, 1.165) is 12.0 Å². The van der Waals surface area contributed by atoms with Crippen LogP contribution in [0, 0.1) is 0 Å². The summed E-state index contributed by atoms with van der Waals surface area (Å²) >= 11 is 0. The summed E-state index contributed by atoms with van der Waals surface area (Å²) in [6, 6.07) is 3.71. The van der Waals surface area contributed by atoms with Crippen LogP contribution in [0.5, 0.6) is 0 Å². The topological polar surface area (TPSA) is 54.6 Å². The van der Waals surface area contributed by atoms with Crippen molar-refractivity contribution in [2.24, 2.45) is 0 Å². The highest BCUT2D eigenvalue weighted by Gasteiger charge is 2.10. The maximum absolute atomic E-state index is 10.8. The van der Waals surface area contributed by atoms with E-state index in [0.29, 0.717) is 5.52 Å². The minimum absolute atomic E-state index is 0.243. The molecule has 0 aliphatic rings. The Bertz CT molecular complexity index is 488. The van der Waals surface area contributed by atoms with Gasteiger partial charge in [-0.1, -0.05) is 13.0 Å². The minimum Gasteiger partial charge on any atom is -0.478 e. The van der Waals surface area contributed by atoms with Crippen LogP contribution in [0.1, 0.15) is 22.8 Å². The lowest BCUT2D eigenvalue weighted by atomic mass is 10.2. The number of aromatic carboxylic acids is 1. The quantitative estimate of drug-likeness (QED) is 0.782. The smallest absolute Gasteiger partial charge is 0.339 e. The van der Waals surface area contributed by atoms with E-state index in [4.69, 9.17) is 5.11 Å². The summed E-state index contributed by atoms with van der Waals surface area (Å²) in [6.07, 6.45) is 4.14. The van der Waals surface area contributed by atoms with Crippen molar-refractivity contribution in [2.75, 3.05) is 0 Å². The number of nitrogens with zero attached hydrogens (tertiary/aromatic N) is 2. The highest BCUT2D eigenvalue weighted by molar-refractivity contribution is 5.95. The van der Waals surface area contributed by atoms with Crippen molar-refractivity contribution in [3.63, 3.8) is 0 Å². The third-order valence-corrected chi connectivity index (χ3v) is 2.22. The number of pyridine rings is 1. The van der Waals surface area contributed by atoms with E-state index in [2.05, 4.69) is 5.10 Å². The molecular formula is C10H10N2O2. The normalized spacial score (nSPS) is 10.6. The molecule has 0 bridgehead atoms. The first-order valence-corrected chi connectivity index (χ1v) is 4.42. The lowest BCUT2D eigenvalue weighted by Gasteiger charge is -1.98. The minimum atomic E-state index is -0.941. The molecule has 2 aromatic heterocycles. The fourth-order valence-corrected chi connectivity index (χ4v) is 1.40. The van der Waals surface area contributed by atoms with Crippen LogP contribution in [-0.2, 0) is 6.42 Å². The van der Waals surface area contributed by atoms with Crippen LogP contribution in [0.4, 0.5) is 0 Å². The molecule has 0 amide bonds. The first-order valence-electron chi connectivity index (χ1n) is 4.42. The second-order valence-electron chi connectivity index (χ2n) is 3.08. The molecule has 0 spiro atoms. The van der Waals surface area contributed by atoms with Gasteiger partial charge in [-0.15, -0.1) is 0 Å². The predicted octanol–water partition coefficient (Wildman–Crippen LogP) is 1.59. The molecule has 0 saturated heterocycles. The van der Waals surface area contributed by atoms with Gasteiger partial charge in [0.2, 0.25) is 0 Å². The van der Waals surface area contributed by atoms with E-state index in [-0.39, 0.29) is 5.56 Å². The zero-order chi connectivity index (χ0) is 10.1. The highest BCUT2D eigenvalue weighted by Crippen LogP contribution is 2.12. The zero-order valence-electron chi connectivity index (χ0n) is 7.77. The van der Waals surface area contributed by atoms with E-state index in [1.54, 1.807) is 10.6 Å². The Morgan fingerprint density at radius 2 is 2.36 bits per heavy atom. The molecule has 0 atom stereocenters. The summed E-state index contributed by atoms with van der Waals surface area (Å²) in [5.41, 5.74) is 2.01. The van der Waals surface area contributed by atoms with E-state index in [1.165, 1.54) is 6.20 Å². The summed E-state index contributed by atoms with van der Waals surface area (Å²) in [7, 11) is 0. The van der Waals surface area contributed by atoms with Crippen molar-refractivity contribution < 1.29 is 9.90 Å². The standard InChI is InChI=1S/C10H10N2O2/c1-2-7-3-4-9-8(10(13)14)5-11-12(9)6-7/h3-6H,2H2,1H3,(H,13,14). The fourth-order valence-electron chi connectivity index (χ4n) is 1.40. The second kappa shape index (κ2) is 3.14. The molecule has 0 aromatic carbocycles. The molecule has 0 unspecified atom stereocenters. The Morgan fingerprint density at radius 1 is 1.57 bits per heavy atom. The third kappa shape index (κ3) is 1.25. The van der Waals surface area contributed by atoms with Gasteiger partial charge < -0.3 is 5.11 Å². The average molecular weight is 190 g/mol. The van der Waals surface area contributed by atoms with E-state index in [1.807, 2.05) is 19.2 Å². The van der Waals surface area contributed by atoms with Crippen molar-refractivity contribution in [3.05, 3.63) is 35.7 Å². The number of aromatic nitrogens is 2. The van der Waals surface area contributed by atoms with E-state index >= 15 is 0 Å². The Labute approximate surface area is 80.8 Å². The van der Waals surface area contributed by atoms with Crippen LogP contribution < -0.4 is 0 Å². The summed E-state index contributed by atoms with van der Waals surface area (Å²) in [5, 5.41) is 12.8. The van der Waals surface area contributed by atoms with Crippen molar-refractivity contribution in [3.8, 4) is 0 Å². The maximum Gasteiger partial charge on any atom is 0.339 e. The average Bonchev–Trinajstić information content (AvgIpc) is 2.59. The van der Waals surface area contributed by atoms with Gasteiger partial charge in [0.05, 0.1) is 11.7 Å². The van der Waals surface area contributed by atoms with Crippen LogP contribution in [0.2, 0.25) is 0 Å². The second-order valence-corrected chi connectivity index (χ2v) is 3.08. The van der Waals surface area contributed by atoms with E-state index < -0.39 is 5.97 Å². The number of rotatable bonds is 2. The van der Waals surface area contributed by atoms with Crippen molar-refractivity contribution in [2.45, 2.75) is 13.3 Å². The molecule has 2 heterocycles. The van der Waals surface area contributed by atoms with Crippen molar-refractivity contribution >= 4 is 11.5 Å². The number of fused-ring (bicyclic) bond motifs is 1. The van der Waals surface area contributed by atoms with Gasteiger partial charge in [0.15, 0.2) is 0 Å². The van der Waals surface area contributed by atoms with Gasteiger partial charge in [0, 0.05) is 6.20 Å². The number of carbonyl (C=O) groups is 1. The van der Waals surface area contributed by atoms with Gasteiger partial charge in [-0.05, 0) is 18.1 Å². The van der Waals surface area contributed by atoms with Gasteiger partial charge in [-0.3, -0.25) is 0 Å². The van der Waals surface area contributed by atoms with Gasteiger partial charge >= 0.3 is 5.97 Å². The number of carboxylic acid groups (broad SMARTS) is 1. The predicted molar refractivity (Wildman–Crippen MR) is 51.5 cm³/mol. The maximum atomic E-state index is 10.8. The molecule has 14 heavy (non-hydrogen) atoms. The fraction of sp³-hybridized carbons (Fsp3) is 0.200. The lowest BCUT2D eigenvalue weighted by molar-refractivity contribution is 0.0699. The number of hydrogen-bond donors (Lipinski definition) is 1. The van der Waals surface area contributed by atoms with Gasteiger partial charge in [-0.25, -0.2) is 9.31 Å². The Balaban J connectivity index is 2.65. The third-order valence-electron chi connectivity index (χ3n) is 2.22. The Kier molecular flexibility index (Phi) is 1.96. The molecule has 0 saturated carbocycles. The molecule has 0 radical (unpaired) electrons. The van der Waals surface area contributed by atoms with Crippen LogP contribution in [-0.4, -0.2) is 20.7 Å². The van der Waals surface area contributed by atoms with Crippen LogP contribution in [0.3, 0.4) is 0 Å². The van der Waals surface area contributed by atoms with Crippen LogP contribution in [0.25, 0.3) is 5.52 Å². The first-order chi connectivity index (χ1) is 6.72. The molecule has 1 N–H and O–H groups in total. The molecule has 2 aromatic rings. The lowest BCUT2D eigenvalue weighted by Crippen LogP contribution is -1.96. The molecular weight excluding hydrogens is 180 g/mol. The SMILES string of the molecule is CCc1ccc2c(C(=O)O)cnn2c1. The summed E-state index contributed by atoms with van der Waals surface area (Å²) in [5.74, 6) is -0.941. The molecule has 0 aliphatic carbocycles. The van der Waals surface area contributed by atoms with Crippen LogP contribution in [0.15, 0.2) is 24.5 Å². The highest BCUT2D eigenvalue weighted by atomic mass is 16.4. The van der Waals surface area contributed by atoms with Crippen LogP contribution >= 0.6 is 0 Å². The summed E-state index contributed by atoms with van der Waals surface area (Å²) < 4.78 is 1.60. The zero-order valence-corrected chi connectivity index (χ0v) is 7.77. The van der Waals surface area contributed by atoms with Gasteiger partial charge in [-0.2, -0.15) is 5.10 Å². The Hall–Kier alpha value is -1.84. The van der Waals surface area contributed by atoms with Crippen molar-refractivity contribution in [1.29, 1.82) is 0 Å². The van der Waals surface area contributed by atoms with Crippen molar-refractivity contribution in [1.82, 2.24) is 9.61 Å². The van der Waals surface area contributed by atoms with Gasteiger partial charge in [0.25, 0.3) is 0 Å². The number of hydrogen-bond acceptors (Lipinski definition) is 2. The number of aryl methyl sites for hydroxylation is 1. The monoisotopic (exact) mass is 190 g/mol. The molecule has 2 rings (SSSR count). The molecule has 4 heteroatoms. The first kappa shape index (κ1) is 8.74. The molecule has 4 nitrogen and oxygen atoms in total.